The van der Waals surface area contributed by atoms with Crippen molar-refractivity contribution in [1.82, 2.24) is 15.1 Å². The van der Waals surface area contributed by atoms with Gasteiger partial charge in [-0.3, -0.25) is 9.48 Å². The molecule has 8 heteroatoms. The van der Waals surface area contributed by atoms with Crippen LogP contribution in [0.25, 0.3) is 0 Å². The number of hydrogen-bond donors (Lipinski definition) is 2. The number of aromatic nitrogens is 2. The van der Waals surface area contributed by atoms with Crippen LogP contribution >= 0.6 is 24.0 Å². The number of rotatable bonds is 10. The molecule has 0 atom stereocenters. The Kier molecular flexibility index (Phi) is 10.2. The first-order valence-corrected chi connectivity index (χ1v) is 11.3. The van der Waals surface area contributed by atoms with Crippen molar-refractivity contribution >= 4 is 35.7 Å². The summed E-state index contributed by atoms with van der Waals surface area (Å²) in [6, 6.07) is 15.0. The summed E-state index contributed by atoms with van der Waals surface area (Å²) < 4.78 is 7.79. The first kappa shape index (κ1) is 26.7. The van der Waals surface area contributed by atoms with Crippen molar-refractivity contribution in [2.75, 3.05) is 18.5 Å². The van der Waals surface area contributed by atoms with Crippen molar-refractivity contribution in [2.45, 2.75) is 40.8 Å². The van der Waals surface area contributed by atoms with E-state index in [1.807, 2.05) is 60.1 Å². The van der Waals surface area contributed by atoms with Crippen LogP contribution in [0.1, 0.15) is 48.0 Å². The number of aryl methyl sites for hydroxylation is 1. The Morgan fingerprint density at radius 2 is 1.88 bits per heavy atom. The minimum absolute atomic E-state index is 0. The van der Waals surface area contributed by atoms with Crippen LogP contribution in [0.2, 0.25) is 5.02 Å². The molecule has 1 aromatic heterocycles. The number of ether oxygens (including phenoxy) is 1. The molecule has 33 heavy (non-hydrogen) atoms. The third kappa shape index (κ3) is 7.77. The van der Waals surface area contributed by atoms with E-state index in [1.165, 1.54) is 0 Å². The Balaban J connectivity index is 0.00000385. The quantitative estimate of drug-likeness (QED) is 0.381. The maximum absolute atomic E-state index is 12.7. The predicted molar refractivity (Wildman–Crippen MR) is 137 cm³/mol. The average Bonchev–Trinajstić information content (AvgIpc) is 3.10. The molecule has 2 aromatic carbocycles. The minimum atomic E-state index is -0.187. The zero-order chi connectivity index (χ0) is 23.1. The van der Waals surface area contributed by atoms with Gasteiger partial charge in [0.1, 0.15) is 5.75 Å². The molecule has 0 aliphatic rings. The molecule has 3 rings (SSSR count). The van der Waals surface area contributed by atoms with Crippen molar-refractivity contribution < 1.29 is 9.53 Å². The van der Waals surface area contributed by atoms with E-state index in [0.717, 1.165) is 35.7 Å². The van der Waals surface area contributed by atoms with Crippen LogP contribution in [0.3, 0.4) is 0 Å². The average molecular weight is 491 g/mol. The third-order valence-electron chi connectivity index (χ3n) is 4.93. The molecule has 0 spiro atoms. The Labute approximate surface area is 207 Å². The number of nitrogens with zero attached hydrogens (tertiary/aromatic N) is 2. The lowest BCUT2D eigenvalue weighted by Crippen LogP contribution is -2.14. The SMILES string of the molecule is CCNCc1ccc(C(=O)Nc2cc(C)n(Cc3cc(Cl)ccc3OCC(C)C)n2)cc1.Cl. The van der Waals surface area contributed by atoms with Crippen LogP contribution in [0.4, 0.5) is 5.82 Å². The second kappa shape index (κ2) is 12.6. The highest BCUT2D eigenvalue weighted by Gasteiger charge is 2.13. The van der Waals surface area contributed by atoms with Crippen LogP contribution < -0.4 is 15.4 Å². The second-order valence-electron chi connectivity index (χ2n) is 8.22. The molecule has 3 aromatic rings. The number of benzene rings is 2. The molecule has 0 radical (unpaired) electrons. The fourth-order valence-corrected chi connectivity index (χ4v) is 3.39. The molecule has 178 valence electrons. The van der Waals surface area contributed by atoms with Crippen molar-refractivity contribution in [2.24, 2.45) is 5.92 Å². The zero-order valence-electron chi connectivity index (χ0n) is 19.5. The summed E-state index contributed by atoms with van der Waals surface area (Å²) in [5, 5.41) is 11.4. The van der Waals surface area contributed by atoms with E-state index in [-0.39, 0.29) is 18.3 Å². The number of carbonyl (C=O) groups excluding carboxylic acids is 1. The molecule has 0 bridgehead atoms. The maximum Gasteiger partial charge on any atom is 0.256 e. The Morgan fingerprint density at radius 1 is 1.15 bits per heavy atom. The predicted octanol–water partition coefficient (Wildman–Crippen LogP) is 5.71. The van der Waals surface area contributed by atoms with Gasteiger partial charge in [-0.2, -0.15) is 5.10 Å². The van der Waals surface area contributed by atoms with E-state index in [0.29, 0.717) is 35.5 Å². The normalized spacial score (nSPS) is 10.7. The summed E-state index contributed by atoms with van der Waals surface area (Å²) >= 11 is 6.22. The van der Waals surface area contributed by atoms with Gasteiger partial charge in [0.2, 0.25) is 0 Å². The molecular weight excluding hydrogens is 459 g/mol. The lowest BCUT2D eigenvalue weighted by atomic mass is 10.1. The molecule has 0 saturated carbocycles. The maximum atomic E-state index is 12.7. The summed E-state index contributed by atoms with van der Waals surface area (Å²) in [6.45, 7) is 11.1. The number of halogens is 2. The van der Waals surface area contributed by atoms with Crippen molar-refractivity contribution in [1.29, 1.82) is 0 Å². The topological polar surface area (TPSA) is 68.2 Å². The van der Waals surface area contributed by atoms with E-state index in [9.17, 15) is 4.79 Å². The van der Waals surface area contributed by atoms with E-state index in [4.69, 9.17) is 16.3 Å². The fourth-order valence-electron chi connectivity index (χ4n) is 3.19. The largest absolute Gasteiger partial charge is 0.493 e. The highest BCUT2D eigenvalue weighted by atomic mass is 35.5. The van der Waals surface area contributed by atoms with Crippen LogP contribution in [0.15, 0.2) is 48.5 Å². The minimum Gasteiger partial charge on any atom is -0.493 e. The van der Waals surface area contributed by atoms with Crippen LogP contribution in [0, 0.1) is 12.8 Å². The van der Waals surface area contributed by atoms with Gasteiger partial charge in [-0.25, -0.2) is 0 Å². The van der Waals surface area contributed by atoms with Gasteiger partial charge >= 0.3 is 0 Å². The number of nitrogens with one attached hydrogen (secondary N) is 2. The Hall–Kier alpha value is -2.54. The van der Waals surface area contributed by atoms with Crippen molar-refractivity contribution in [3.63, 3.8) is 0 Å². The van der Waals surface area contributed by atoms with Gasteiger partial charge in [-0.15, -0.1) is 12.4 Å². The van der Waals surface area contributed by atoms with E-state index >= 15 is 0 Å². The molecular formula is C25H32Cl2N4O2. The molecule has 6 nitrogen and oxygen atoms in total. The molecule has 0 aliphatic carbocycles. The molecule has 0 saturated heterocycles. The van der Waals surface area contributed by atoms with Crippen LogP contribution in [-0.4, -0.2) is 28.8 Å². The number of amides is 1. The highest BCUT2D eigenvalue weighted by Crippen LogP contribution is 2.25. The standard InChI is InChI=1S/C25H31ClN4O2.ClH/c1-5-27-14-19-6-8-20(9-7-19)25(31)28-24-12-18(4)30(29-24)15-21-13-22(26)10-11-23(21)32-16-17(2)3;/h6-13,17,27H,5,14-16H2,1-4H3,(H,28,29,31);1H. The van der Waals surface area contributed by atoms with Gasteiger partial charge in [-0.1, -0.05) is 44.5 Å². The van der Waals surface area contributed by atoms with Gasteiger partial charge in [-0.05, 0) is 55.3 Å². The Morgan fingerprint density at radius 3 is 2.55 bits per heavy atom. The van der Waals surface area contributed by atoms with Gasteiger partial charge in [0, 0.05) is 34.5 Å². The summed E-state index contributed by atoms with van der Waals surface area (Å²) in [5.41, 5.74) is 3.60. The summed E-state index contributed by atoms with van der Waals surface area (Å²) in [4.78, 5) is 12.7. The summed E-state index contributed by atoms with van der Waals surface area (Å²) in [6.07, 6.45) is 0. The number of anilines is 1. The molecule has 2 N–H and O–H groups in total. The fraction of sp³-hybridized carbons (Fsp3) is 0.360. The zero-order valence-corrected chi connectivity index (χ0v) is 21.1. The number of hydrogen-bond acceptors (Lipinski definition) is 4. The monoisotopic (exact) mass is 490 g/mol. The molecule has 0 fully saturated rings. The number of carbonyl (C=O) groups is 1. The first-order valence-electron chi connectivity index (χ1n) is 10.9. The van der Waals surface area contributed by atoms with Gasteiger partial charge in [0.25, 0.3) is 5.91 Å². The molecule has 1 amide bonds. The van der Waals surface area contributed by atoms with Crippen molar-refractivity contribution in [3.05, 3.63) is 75.9 Å². The van der Waals surface area contributed by atoms with E-state index in [2.05, 4.69) is 36.5 Å². The summed E-state index contributed by atoms with van der Waals surface area (Å²) in [7, 11) is 0. The molecule has 1 heterocycles. The second-order valence-corrected chi connectivity index (χ2v) is 8.65. The van der Waals surface area contributed by atoms with E-state index < -0.39 is 0 Å². The van der Waals surface area contributed by atoms with Gasteiger partial charge in [0.15, 0.2) is 5.82 Å². The Bertz CT molecular complexity index is 1050. The molecule has 0 aliphatic heterocycles. The van der Waals surface area contributed by atoms with Gasteiger partial charge in [0.05, 0.1) is 13.2 Å². The van der Waals surface area contributed by atoms with Crippen molar-refractivity contribution in [3.8, 4) is 5.75 Å². The molecule has 0 unspecified atom stereocenters. The first-order chi connectivity index (χ1) is 15.4. The van der Waals surface area contributed by atoms with Crippen LogP contribution in [-0.2, 0) is 13.1 Å². The van der Waals surface area contributed by atoms with Gasteiger partial charge < -0.3 is 15.4 Å². The van der Waals surface area contributed by atoms with E-state index in [1.54, 1.807) is 0 Å². The highest BCUT2D eigenvalue weighted by molar-refractivity contribution is 6.30. The third-order valence-corrected chi connectivity index (χ3v) is 5.17. The van der Waals surface area contributed by atoms with Crippen LogP contribution in [0.5, 0.6) is 5.75 Å². The lowest BCUT2D eigenvalue weighted by molar-refractivity contribution is 0.102. The summed E-state index contributed by atoms with van der Waals surface area (Å²) in [5.74, 6) is 1.54. The smallest absolute Gasteiger partial charge is 0.256 e. The lowest BCUT2D eigenvalue weighted by Gasteiger charge is -2.14.